The molecule has 3 nitrogen and oxygen atoms in total. The molecule has 3 heteroatoms. The van der Waals surface area contributed by atoms with Gasteiger partial charge in [-0.1, -0.05) is 0 Å². The zero-order valence-electron chi connectivity index (χ0n) is 10.5. The summed E-state index contributed by atoms with van der Waals surface area (Å²) in [6, 6.07) is 8.36. The number of nitrogens with two attached hydrogens (primary N) is 1. The molecule has 0 spiro atoms. The van der Waals surface area contributed by atoms with Crippen LogP contribution < -0.4 is 10.6 Å². The van der Waals surface area contributed by atoms with Gasteiger partial charge in [0.1, 0.15) is 0 Å². The van der Waals surface area contributed by atoms with Crippen LogP contribution in [0, 0.1) is 5.92 Å². The average molecular weight is 232 g/mol. The molecule has 2 atom stereocenters. The van der Waals surface area contributed by atoms with Gasteiger partial charge in [0, 0.05) is 23.8 Å². The number of ketones is 1. The Morgan fingerprint density at radius 2 is 2.06 bits per heavy atom. The number of nitrogens with zero attached hydrogens (tertiary/aromatic N) is 1. The summed E-state index contributed by atoms with van der Waals surface area (Å²) in [6.45, 7) is 5.63. The first-order valence-corrected chi connectivity index (χ1v) is 6.21. The van der Waals surface area contributed by atoms with E-state index in [1.807, 2.05) is 24.3 Å². The van der Waals surface area contributed by atoms with E-state index in [-0.39, 0.29) is 5.78 Å². The lowest BCUT2D eigenvalue weighted by Crippen LogP contribution is -2.32. The molecule has 1 fully saturated rings. The fourth-order valence-electron chi connectivity index (χ4n) is 2.57. The van der Waals surface area contributed by atoms with Gasteiger partial charge >= 0.3 is 0 Å². The molecule has 0 aromatic heterocycles. The SMILES string of the molecule is CC(=O)c1ccc(N2CCC(CN)C2C)cc1. The molecule has 1 saturated heterocycles. The molecular weight excluding hydrogens is 212 g/mol. The van der Waals surface area contributed by atoms with Crippen LogP contribution in [-0.4, -0.2) is 24.9 Å². The van der Waals surface area contributed by atoms with Gasteiger partial charge in [-0.25, -0.2) is 0 Å². The maximum absolute atomic E-state index is 11.2. The van der Waals surface area contributed by atoms with Crippen molar-refractivity contribution < 1.29 is 4.79 Å². The van der Waals surface area contributed by atoms with Crippen LogP contribution in [-0.2, 0) is 0 Å². The largest absolute Gasteiger partial charge is 0.368 e. The van der Waals surface area contributed by atoms with Crippen molar-refractivity contribution >= 4 is 11.5 Å². The summed E-state index contributed by atoms with van der Waals surface area (Å²) in [5.41, 5.74) is 7.72. The summed E-state index contributed by atoms with van der Waals surface area (Å²) in [7, 11) is 0. The lowest BCUT2D eigenvalue weighted by Gasteiger charge is -2.26. The number of rotatable bonds is 3. The van der Waals surface area contributed by atoms with Gasteiger partial charge in [-0.2, -0.15) is 0 Å². The van der Waals surface area contributed by atoms with E-state index in [1.165, 1.54) is 5.69 Å². The van der Waals surface area contributed by atoms with E-state index in [9.17, 15) is 4.79 Å². The van der Waals surface area contributed by atoms with Crippen LogP contribution in [0.4, 0.5) is 5.69 Å². The zero-order valence-corrected chi connectivity index (χ0v) is 10.5. The minimum absolute atomic E-state index is 0.117. The van der Waals surface area contributed by atoms with E-state index in [0.717, 1.165) is 25.1 Å². The lowest BCUT2D eigenvalue weighted by atomic mass is 10.0. The van der Waals surface area contributed by atoms with Crippen molar-refractivity contribution in [1.82, 2.24) is 0 Å². The van der Waals surface area contributed by atoms with Gasteiger partial charge in [0.2, 0.25) is 0 Å². The highest BCUT2D eigenvalue weighted by Gasteiger charge is 2.29. The smallest absolute Gasteiger partial charge is 0.159 e. The molecule has 1 heterocycles. The Labute approximate surface area is 103 Å². The Hall–Kier alpha value is -1.35. The Bertz CT molecular complexity index is 399. The molecule has 1 aromatic carbocycles. The van der Waals surface area contributed by atoms with Crippen molar-refractivity contribution in [3.63, 3.8) is 0 Å². The first kappa shape index (κ1) is 12.1. The van der Waals surface area contributed by atoms with Gasteiger partial charge in [0.15, 0.2) is 5.78 Å². The van der Waals surface area contributed by atoms with Crippen LogP contribution in [0.25, 0.3) is 0 Å². The first-order chi connectivity index (χ1) is 8.13. The number of carbonyl (C=O) groups is 1. The molecule has 17 heavy (non-hydrogen) atoms. The van der Waals surface area contributed by atoms with Gasteiger partial charge in [-0.3, -0.25) is 4.79 Å². The number of carbonyl (C=O) groups excluding carboxylic acids is 1. The summed E-state index contributed by atoms with van der Waals surface area (Å²) in [6.07, 6.45) is 1.16. The van der Waals surface area contributed by atoms with E-state index in [4.69, 9.17) is 5.73 Å². The number of benzene rings is 1. The van der Waals surface area contributed by atoms with E-state index in [0.29, 0.717) is 12.0 Å². The van der Waals surface area contributed by atoms with Crippen molar-refractivity contribution in [3.8, 4) is 0 Å². The molecule has 2 rings (SSSR count). The summed E-state index contributed by atoms with van der Waals surface area (Å²) < 4.78 is 0. The predicted molar refractivity (Wildman–Crippen MR) is 70.4 cm³/mol. The molecule has 0 radical (unpaired) electrons. The predicted octanol–water partition coefficient (Wildman–Crippen LogP) is 2.06. The maximum atomic E-state index is 11.2. The van der Waals surface area contributed by atoms with Crippen molar-refractivity contribution in [2.75, 3.05) is 18.0 Å². The number of hydrogen-bond acceptors (Lipinski definition) is 3. The van der Waals surface area contributed by atoms with Gasteiger partial charge in [0.25, 0.3) is 0 Å². The molecule has 1 aliphatic heterocycles. The minimum atomic E-state index is 0.117. The summed E-state index contributed by atoms with van der Waals surface area (Å²) in [5, 5.41) is 0. The summed E-state index contributed by atoms with van der Waals surface area (Å²) >= 11 is 0. The Morgan fingerprint density at radius 1 is 1.41 bits per heavy atom. The van der Waals surface area contributed by atoms with E-state index < -0.39 is 0 Å². The lowest BCUT2D eigenvalue weighted by molar-refractivity contribution is 0.101. The van der Waals surface area contributed by atoms with Gasteiger partial charge < -0.3 is 10.6 Å². The van der Waals surface area contributed by atoms with Gasteiger partial charge in [0.05, 0.1) is 0 Å². The zero-order chi connectivity index (χ0) is 12.4. The van der Waals surface area contributed by atoms with Crippen LogP contribution in [0.2, 0.25) is 0 Å². The normalized spacial score (nSPS) is 24.1. The standard InChI is InChI=1S/C14H20N2O/c1-10-13(9-15)7-8-16(10)14-5-3-12(4-6-14)11(2)17/h3-6,10,13H,7-9,15H2,1-2H3. The second-order valence-electron chi connectivity index (χ2n) is 4.82. The molecule has 1 aliphatic rings. The highest BCUT2D eigenvalue weighted by Crippen LogP contribution is 2.29. The monoisotopic (exact) mass is 232 g/mol. The number of hydrogen-bond donors (Lipinski definition) is 1. The third-order valence-electron chi connectivity index (χ3n) is 3.82. The molecule has 2 N–H and O–H groups in total. The fraction of sp³-hybridized carbons (Fsp3) is 0.500. The second-order valence-corrected chi connectivity index (χ2v) is 4.82. The fourth-order valence-corrected chi connectivity index (χ4v) is 2.57. The van der Waals surface area contributed by atoms with Crippen LogP contribution >= 0.6 is 0 Å². The highest BCUT2D eigenvalue weighted by molar-refractivity contribution is 5.94. The van der Waals surface area contributed by atoms with Crippen LogP contribution in [0.1, 0.15) is 30.6 Å². The van der Waals surface area contributed by atoms with E-state index in [2.05, 4.69) is 11.8 Å². The van der Waals surface area contributed by atoms with Crippen LogP contribution in [0.15, 0.2) is 24.3 Å². The van der Waals surface area contributed by atoms with Crippen LogP contribution in [0.5, 0.6) is 0 Å². The molecule has 0 saturated carbocycles. The Balaban J connectivity index is 2.15. The number of anilines is 1. The average Bonchev–Trinajstić information content (AvgIpc) is 2.70. The second kappa shape index (κ2) is 4.88. The van der Waals surface area contributed by atoms with Crippen molar-refractivity contribution in [2.24, 2.45) is 11.7 Å². The molecule has 2 unspecified atom stereocenters. The van der Waals surface area contributed by atoms with Gasteiger partial charge in [-0.05, 0) is 57.0 Å². The third-order valence-corrected chi connectivity index (χ3v) is 3.82. The van der Waals surface area contributed by atoms with Crippen molar-refractivity contribution in [3.05, 3.63) is 29.8 Å². The molecule has 0 bridgehead atoms. The number of Topliss-reactive ketones (excluding diaryl/α,β-unsaturated/α-hetero) is 1. The van der Waals surface area contributed by atoms with Crippen molar-refractivity contribution in [2.45, 2.75) is 26.3 Å². The van der Waals surface area contributed by atoms with E-state index in [1.54, 1.807) is 6.92 Å². The van der Waals surface area contributed by atoms with Crippen LogP contribution in [0.3, 0.4) is 0 Å². The van der Waals surface area contributed by atoms with Gasteiger partial charge in [-0.15, -0.1) is 0 Å². The highest BCUT2D eigenvalue weighted by atomic mass is 16.1. The van der Waals surface area contributed by atoms with E-state index >= 15 is 0 Å². The minimum Gasteiger partial charge on any atom is -0.368 e. The topological polar surface area (TPSA) is 46.3 Å². The molecule has 0 aliphatic carbocycles. The molecule has 0 amide bonds. The Kier molecular flexibility index (Phi) is 3.48. The third kappa shape index (κ3) is 2.34. The first-order valence-electron chi connectivity index (χ1n) is 6.21. The summed E-state index contributed by atoms with van der Waals surface area (Å²) in [5.74, 6) is 0.702. The van der Waals surface area contributed by atoms with Crippen molar-refractivity contribution in [1.29, 1.82) is 0 Å². The molecule has 92 valence electrons. The molecular formula is C14H20N2O. The molecule has 1 aromatic rings. The quantitative estimate of drug-likeness (QED) is 0.811. The summed E-state index contributed by atoms with van der Waals surface area (Å²) in [4.78, 5) is 13.6. The Morgan fingerprint density at radius 3 is 2.53 bits per heavy atom. The maximum Gasteiger partial charge on any atom is 0.159 e.